The van der Waals surface area contributed by atoms with Crippen LogP contribution in [0, 0.1) is 6.92 Å². The number of likely N-dealkylation sites (N-methyl/N-ethyl adjacent to an activating group) is 1. The van der Waals surface area contributed by atoms with Crippen molar-refractivity contribution < 1.29 is 4.79 Å². The SMILES string of the molecule is Cc1ccccc1C(=O)CCN(C)CCN1CCCC1. The van der Waals surface area contributed by atoms with Crippen LogP contribution in [0.3, 0.4) is 0 Å². The van der Waals surface area contributed by atoms with Gasteiger partial charge in [0.2, 0.25) is 0 Å². The Kier molecular flexibility index (Phi) is 5.74. The quantitative estimate of drug-likeness (QED) is 0.714. The molecule has 1 aromatic rings. The highest BCUT2D eigenvalue weighted by Gasteiger charge is 2.13. The van der Waals surface area contributed by atoms with E-state index in [9.17, 15) is 4.79 Å². The first kappa shape index (κ1) is 15.2. The Hall–Kier alpha value is -1.19. The molecule has 0 unspecified atom stereocenters. The highest BCUT2D eigenvalue weighted by molar-refractivity contribution is 5.97. The zero-order valence-corrected chi connectivity index (χ0v) is 12.8. The monoisotopic (exact) mass is 274 g/mol. The summed E-state index contributed by atoms with van der Waals surface area (Å²) >= 11 is 0. The number of ketones is 1. The summed E-state index contributed by atoms with van der Waals surface area (Å²) in [6, 6.07) is 7.86. The predicted molar refractivity (Wildman–Crippen MR) is 83.3 cm³/mol. The molecular weight excluding hydrogens is 248 g/mol. The van der Waals surface area contributed by atoms with E-state index >= 15 is 0 Å². The van der Waals surface area contributed by atoms with Crippen LogP contribution in [0.1, 0.15) is 35.2 Å². The summed E-state index contributed by atoms with van der Waals surface area (Å²) in [6.45, 7) is 7.54. The maximum Gasteiger partial charge on any atom is 0.164 e. The van der Waals surface area contributed by atoms with Gasteiger partial charge in [0, 0.05) is 31.6 Å². The zero-order chi connectivity index (χ0) is 14.4. The fourth-order valence-corrected chi connectivity index (χ4v) is 2.74. The van der Waals surface area contributed by atoms with E-state index in [1.54, 1.807) is 0 Å². The fraction of sp³-hybridized carbons (Fsp3) is 0.588. The second kappa shape index (κ2) is 7.55. The number of carbonyl (C=O) groups excluding carboxylic acids is 1. The second-order valence-electron chi connectivity index (χ2n) is 5.84. The number of likely N-dealkylation sites (tertiary alicyclic amines) is 1. The van der Waals surface area contributed by atoms with Gasteiger partial charge in [-0.05, 0) is 45.5 Å². The van der Waals surface area contributed by atoms with Crippen LogP contribution in [0.25, 0.3) is 0 Å². The molecule has 0 aromatic heterocycles. The molecule has 1 saturated heterocycles. The van der Waals surface area contributed by atoms with Gasteiger partial charge in [-0.15, -0.1) is 0 Å². The second-order valence-corrected chi connectivity index (χ2v) is 5.84. The molecule has 0 amide bonds. The number of rotatable bonds is 7. The first-order chi connectivity index (χ1) is 9.66. The minimum Gasteiger partial charge on any atom is -0.305 e. The van der Waals surface area contributed by atoms with E-state index in [1.165, 1.54) is 25.9 Å². The van der Waals surface area contributed by atoms with Crippen LogP contribution in [-0.4, -0.2) is 55.4 Å². The average Bonchev–Trinajstić information content (AvgIpc) is 2.96. The standard InChI is InChI=1S/C17H26N2O/c1-15-7-3-4-8-16(15)17(20)9-12-18(2)13-14-19-10-5-6-11-19/h3-4,7-8H,5-6,9-14H2,1-2H3. The minimum atomic E-state index is 0.260. The van der Waals surface area contributed by atoms with E-state index in [0.717, 1.165) is 30.8 Å². The molecule has 0 bridgehead atoms. The van der Waals surface area contributed by atoms with E-state index < -0.39 is 0 Å². The largest absolute Gasteiger partial charge is 0.305 e. The Bertz CT molecular complexity index is 438. The third-order valence-corrected chi connectivity index (χ3v) is 4.16. The molecule has 0 spiro atoms. The Morgan fingerprint density at radius 2 is 1.90 bits per heavy atom. The molecule has 110 valence electrons. The molecule has 0 N–H and O–H groups in total. The molecule has 1 aliphatic heterocycles. The Morgan fingerprint density at radius 3 is 2.60 bits per heavy atom. The summed E-state index contributed by atoms with van der Waals surface area (Å²) in [4.78, 5) is 17.0. The number of Topliss-reactive ketones (excluding diaryl/α,β-unsaturated/α-hetero) is 1. The Balaban J connectivity index is 1.71. The van der Waals surface area contributed by atoms with Gasteiger partial charge in [0.15, 0.2) is 5.78 Å². The maximum absolute atomic E-state index is 12.2. The van der Waals surface area contributed by atoms with Gasteiger partial charge < -0.3 is 9.80 Å². The van der Waals surface area contributed by atoms with Crippen LogP contribution in [0.4, 0.5) is 0 Å². The molecule has 2 rings (SSSR count). The van der Waals surface area contributed by atoms with Crippen LogP contribution < -0.4 is 0 Å². The van der Waals surface area contributed by atoms with Gasteiger partial charge in [0.1, 0.15) is 0 Å². The van der Waals surface area contributed by atoms with Crippen molar-refractivity contribution in [3.63, 3.8) is 0 Å². The average molecular weight is 274 g/mol. The fourth-order valence-electron chi connectivity index (χ4n) is 2.74. The molecule has 0 radical (unpaired) electrons. The van der Waals surface area contributed by atoms with Gasteiger partial charge in [-0.1, -0.05) is 24.3 Å². The summed E-state index contributed by atoms with van der Waals surface area (Å²) in [6.07, 6.45) is 3.30. The molecule has 3 nitrogen and oxygen atoms in total. The van der Waals surface area contributed by atoms with Crippen LogP contribution in [0.5, 0.6) is 0 Å². The molecule has 1 aliphatic rings. The summed E-state index contributed by atoms with van der Waals surface area (Å²) in [5.74, 6) is 0.260. The molecule has 0 aliphatic carbocycles. The Morgan fingerprint density at radius 1 is 1.20 bits per heavy atom. The van der Waals surface area contributed by atoms with Crippen LogP contribution in [0.2, 0.25) is 0 Å². The third-order valence-electron chi connectivity index (χ3n) is 4.16. The van der Waals surface area contributed by atoms with Crippen LogP contribution in [0.15, 0.2) is 24.3 Å². The van der Waals surface area contributed by atoms with Gasteiger partial charge in [-0.25, -0.2) is 0 Å². The minimum absolute atomic E-state index is 0.260. The molecule has 1 aromatic carbocycles. The molecule has 1 heterocycles. The number of aryl methyl sites for hydroxylation is 1. The van der Waals surface area contributed by atoms with Crippen molar-refractivity contribution in [3.05, 3.63) is 35.4 Å². The number of hydrogen-bond acceptors (Lipinski definition) is 3. The molecule has 3 heteroatoms. The molecule has 20 heavy (non-hydrogen) atoms. The smallest absolute Gasteiger partial charge is 0.164 e. The number of carbonyl (C=O) groups is 1. The topological polar surface area (TPSA) is 23.6 Å². The summed E-state index contributed by atoms with van der Waals surface area (Å²) in [7, 11) is 2.11. The van der Waals surface area contributed by atoms with Crippen molar-refractivity contribution in [2.75, 3.05) is 39.8 Å². The first-order valence-corrected chi connectivity index (χ1v) is 7.66. The highest BCUT2D eigenvalue weighted by Crippen LogP contribution is 2.10. The Labute approximate surface area is 122 Å². The van der Waals surface area contributed by atoms with E-state index in [-0.39, 0.29) is 5.78 Å². The predicted octanol–water partition coefficient (Wildman–Crippen LogP) is 2.60. The van der Waals surface area contributed by atoms with E-state index in [2.05, 4.69) is 16.8 Å². The normalized spacial score (nSPS) is 15.9. The van der Waals surface area contributed by atoms with Gasteiger partial charge in [-0.2, -0.15) is 0 Å². The first-order valence-electron chi connectivity index (χ1n) is 7.66. The third kappa shape index (κ3) is 4.43. The van der Waals surface area contributed by atoms with E-state index in [0.29, 0.717) is 6.42 Å². The van der Waals surface area contributed by atoms with Crippen LogP contribution >= 0.6 is 0 Å². The van der Waals surface area contributed by atoms with E-state index in [1.807, 2.05) is 31.2 Å². The molecule has 0 atom stereocenters. The summed E-state index contributed by atoms with van der Waals surface area (Å²) in [5.41, 5.74) is 1.96. The van der Waals surface area contributed by atoms with Crippen molar-refractivity contribution in [3.8, 4) is 0 Å². The van der Waals surface area contributed by atoms with Gasteiger partial charge in [-0.3, -0.25) is 4.79 Å². The lowest BCUT2D eigenvalue weighted by molar-refractivity contribution is 0.0966. The molecular formula is C17H26N2O. The summed E-state index contributed by atoms with van der Waals surface area (Å²) in [5, 5.41) is 0. The van der Waals surface area contributed by atoms with Gasteiger partial charge >= 0.3 is 0 Å². The van der Waals surface area contributed by atoms with Crippen molar-refractivity contribution in [1.29, 1.82) is 0 Å². The molecule has 0 saturated carbocycles. The molecule has 1 fully saturated rings. The van der Waals surface area contributed by atoms with Crippen molar-refractivity contribution in [2.45, 2.75) is 26.2 Å². The van der Waals surface area contributed by atoms with Crippen molar-refractivity contribution in [1.82, 2.24) is 9.80 Å². The lowest BCUT2D eigenvalue weighted by atomic mass is 10.0. The van der Waals surface area contributed by atoms with Gasteiger partial charge in [0.05, 0.1) is 0 Å². The lowest BCUT2D eigenvalue weighted by Gasteiger charge is -2.21. The highest BCUT2D eigenvalue weighted by atomic mass is 16.1. The van der Waals surface area contributed by atoms with Crippen LogP contribution in [-0.2, 0) is 0 Å². The summed E-state index contributed by atoms with van der Waals surface area (Å²) < 4.78 is 0. The lowest BCUT2D eigenvalue weighted by Crippen LogP contribution is -2.32. The van der Waals surface area contributed by atoms with Crippen molar-refractivity contribution in [2.24, 2.45) is 0 Å². The van der Waals surface area contributed by atoms with Gasteiger partial charge in [0.25, 0.3) is 0 Å². The van der Waals surface area contributed by atoms with Crippen molar-refractivity contribution >= 4 is 5.78 Å². The maximum atomic E-state index is 12.2. The number of benzene rings is 1. The zero-order valence-electron chi connectivity index (χ0n) is 12.8. The number of hydrogen-bond donors (Lipinski definition) is 0. The number of nitrogens with zero attached hydrogens (tertiary/aromatic N) is 2. The van der Waals surface area contributed by atoms with E-state index in [4.69, 9.17) is 0 Å².